The minimum atomic E-state index is -3.37. The third kappa shape index (κ3) is 4.12. The van der Waals surface area contributed by atoms with Crippen molar-refractivity contribution in [2.45, 2.75) is 32.8 Å². The molecule has 0 bridgehead atoms. The zero-order valence-corrected chi connectivity index (χ0v) is 18.7. The molecule has 168 valence electrons. The number of rotatable bonds is 5. The molecule has 0 aliphatic carbocycles. The van der Waals surface area contributed by atoms with Crippen LogP contribution in [-0.2, 0) is 26.0 Å². The van der Waals surface area contributed by atoms with Gasteiger partial charge in [0.1, 0.15) is 0 Å². The highest BCUT2D eigenvalue weighted by Gasteiger charge is 2.29. The van der Waals surface area contributed by atoms with Crippen molar-refractivity contribution in [3.05, 3.63) is 59.2 Å². The second-order valence-corrected chi connectivity index (χ2v) is 9.98. The predicted molar refractivity (Wildman–Crippen MR) is 120 cm³/mol. The van der Waals surface area contributed by atoms with Crippen molar-refractivity contribution >= 4 is 39.1 Å². The Balaban J connectivity index is 1.47. The van der Waals surface area contributed by atoms with E-state index >= 15 is 0 Å². The molecule has 4 rings (SSSR count). The first-order valence-electron chi connectivity index (χ1n) is 10.4. The summed E-state index contributed by atoms with van der Waals surface area (Å²) in [5.74, 6) is -1.01. The van der Waals surface area contributed by atoms with Crippen LogP contribution in [-0.4, -0.2) is 51.0 Å². The third-order valence-electron chi connectivity index (χ3n) is 5.76. The van der Waals surface area contributed by atoms with Gasteiger partial charge in [0.25, 0.3) is 0 Å². The fourth-order valence-electron chi connectivity index (χ4n) is 4.12. The molecule has 2 aromatic rings. The summed E-state index contributed by atoms with van der Waals surface area (Å²) in [6.45, 7) is 3.96. The van der Waals surface area contributed by atoms with Gasteiger partial charge in [-0.15, -0.1) is 0 Å². The van der Waals surface area contributed by atoms with Crippen molar-refractivity contribution in [2.75, 3.05) is 28.0 Å². The Morgan fingerprint density at radius 1 is 1.03 bits per heavy atom. The number of fused-ring (bicyclic) bond motifs is 1. The maximum Gasteiger partial charge on any atom is 0.338 e. The lowest BCUT2D eigenvalue weighted by molar-refractivity contribution is -0.116. The van der Waals surface area contributed by atoms with Crippen molar-refractivity contribution in [2.24, 2.45) is 0 Å². The third-order valence-corrected chi connectivity index (χ3v) is 7.63. The lowest BCUT2D eigenvalue weighted by atomic mass is 10.0. The molecule has 0 aromatic heterocycles. The van der Waals surface area contributed by atoms with Crippen LogP contribution in [0, 0.1) is 0 Å². The molecular formula is C23H24N2O6S. The number of nitrogens with zero attached hydrogens (tertiary/aromatic N) is 2. The molecule has 1 saturated heterocycles. The highest BCUT2D eigenvalue weighted by Crippen LogP contribution is 2.30. The molecule has 2 aliphatic heterocycles. The van der Waals surface area contributed by atoms with Gasteiger partial charge in [0.15, 0.2) is 6.10 Å². The molecule has 1 atom stereocenters. The number of carbonyl (C=O) groups excluding carboxylic acids is 3. The van der Waals surface area contributed by atoms with Gasteiger partial charge in [0.05, 0.1) is 17.0 Å². The number of ether oxygens (including phenoxy) is 1. The standard InChI is InChI=1S/C23H24N2O6S/c1-15(22(27)18-7-8-21-17(13-18)9-11-24(21)16(2)26)31-23(28)19-5-3-6-20(14-19)25-10-4-12-32(25,29)30/h3,5-8,13-15H,4,9-12H2,1-2H3/t15-/m0/s1. The first-order valence-corrected chi connectivity index (χ1v) is 12.0. The number of ketones is 1. The molecule has 0 saturated carbocycles. The van der Waals surface area contributed by atoms with Gasteiger partial charge in [0, 0.05) is 31.3 Å². The lowest BCUT2D eigenvalue weighted by Crippen LogP contribution is -2.26. The summed E-state index contributed by atoms with van der Waals surface area (Å²) in [4.78, 5) is 38.8. The molecular weight excluding hydrogens is 432 g/mol. The molecule has 0 N–H and O–H groups in total. The number of carbonyl (C=O) groups is 3. The van der Waals surface area contributed by atoms with Gasteiger partial charge < -0.3 is 9.64 Å². The van der Waals surface area contributed by atoms with Crippen LogP contribution >= 0.6 is 0 Å². The van der Waals surface area contributed by atoms with E-state index in [0.29, 0.717) is 37.2 Å². The summed E-state index contributed by atoms with van der Waals surface area (Å²) in [7, 11) is -3.37. The number of hydrogen-bond donors (Lipinski definition) is 0. The first-order chi connectivity index (χ1) is 15.2. The van der Waals surface area contributed by atoms with Crippen molar-refractivity contribution in [3.8, 4) is 0 Å². The molecule has 0 radical (unpaired) electrons. The van der Waals surface area contributed by atoms with E-state index in [2.05, 4.69) is 0 Å². The summed E-state index contributed by atoms with van der Waals surface area (Å²) in [5.41, 5.74) is 2.70. The second-order valence-electron chi connectivity index (χ2n) is 7.97. The van der Waals surface area contributed by atoms with Gasteiger partial charge in [-0.25, -0.2) is 13.2 Å². The molecule has 1 amide bonds. The number of sulfonamides is 1. The van der Waals surface area contributed by atoms with Gasteiger partial charge in [-0.2, -0.15) is 0 Å². The van der Waals surface area contributed by atoms with E-state index in [1.807, 2.05) is 0 Å². The van der Waals surface area contributed by atoms with Crippen LogP contribution in [0.2, 0.25) is 0 Å². The number of hydrogen-bond acceptors (Lipinski definition) is 6. The van der Waals surface area contributed by atoms with Crippen LogP contribution in [0.5, 0.6) is 0 Å². The number of esters is 1. The zero-order valence-electron chi connectivity index (χ0n) is 17.9. The maximum atomic E-state index is 12.8. The average Bonchev–Trinajstić information content (AvgIpc) is 3.35. The number of benzene rings is 2. The fraction of sp³-hybridized carbons (Fsp3) is 0.348. The molecule has 8 nitrogen and oxygen atoms in total. The molecule has 2 aliphatic rings. The minimum absolute atomic E-state index is 0.0471. The Kier molecular flexibility index (Phi) is 5.77. The van der Waals surface area contributed by atoms with Gasteiger partial charge in [-0.05, 0) is 61.7 Å². The fourth-order valence-corrected chi connectivity index (χ4v) is 5.67. The summed E-state index contributed by atoms with van der Waals surface area (Å²) in [6, 6.07) is 11.3. The predicted octanol–water partition coefficient (Wildman–Crippen LogP) is 2.56. The Labute approximate surface area is 186 Å². The molecule has 32 heavy (non-hydrogen) atoms. The quantitative estimate of drug-likeness (QED) is 0.506. The van der Waals surface area contributed by atoms with E-state index in [-0.39, 0.29) is 23.0 Å². The van der Waals surface area contributed by atoms with Crippen molar-refractivity contribution < 1.29 is 27.5 Å². The van der Waals surface area contributed by atoms with Gasteiger partial charge in [-0.1, -0.05) is 6.07 Å². The van der Waals surface area contributed by atoms with Crippen LogP contribution in [0.4, 0.5) is 11.4 Å². The van der Waals surface area contributed by atoms with Crippen molar-refractivity contribution in [3.63, 3.8) is 0 Å². The Bertz CT molecular complexity index is 1210. The second kappa shape index (κ2) is 8.38. The van der Waals surface area contributed by atoms with E-state index in [1.165, 1.54) is 30.3 Å². The molecule has 2 heterocycles. The summed E-state index contributed by atoms with van der Waals surface area (Å²) in [5, 5.41) is 0. The SMILES string of the molecule is CC(=O)N1CCc2cc(C(=O)[C@H](C)OC(=O)c3cccc(N4CCCS4(=O)=O)c3)ccc21. The van der Waals surface area contributed by atoms with Crippen LogP contribution in [0.25, 0.3) is 0 Å². The summed E-state index contributed by atoms with van der Waals surface area (Å²) in [6.07, 6.45) is 0.175. The Morgan fingerprint density at radius 2 is 1.81 bits per heavy atom. The normalized spacial score (nSPS) is 17.7. The lowest BCUT2D eigenvalue weighted by Gasteiger charge is -2.18. The summed E-state index contributed by atoms with van der Waals surface area (Å²) >= 11 is 0. The van der Waals surface area contributed by atoms with E-state index in [1.54, 1.807) is 35.2 Å². The number of Topliss-reactive ketones (excluding diaryl/α,β-unsaturated/α-hetero) is 1. The Morgan fingerprint density at radius 3 is 2.50 bits per heavy atom. The van der Waals surface area contributed by atoms with Gasteiger partial charge in [0.2, 0.25) is 21.7 Å². The Hall–Kier alpha value is -3.20. The highest BCUT2D eigenvalue weighted by molar-refractivity contribution is 7.93. The molecule has 0 spiro atoms. The monoisotopic (exact) mass is 456 g/mol. The van der Waals surface area contributed by atoms with Gasteiger partial charge >= 0.3 is 5.97 Å². The zero-order chi connectivity index (χ0) is 23.0. The average molecular weight is 457 g/mol. The molecule has 2 aromatic carbocycles. The molecule has 1 fully saturated rings. The van der Waals surface area contributed by atoms with Gasteiger partial charge in [-0.3, -0.25) is 13.9 Å². The molecule has 0 unspecified atom stereocenters. The van der Waals surface area contributed by atoms with Crippen LogP contribution < -0.4 is 9.21 Å². The number of amides is 1. The highest BCUT2D eigenvalue weighted by atomic mass is 32.2. The van der Waals surface area contributed by atoms with E-state index in [9.17, 15) is 22.8 Å². The largest absolute Gasteiger partial charge is 0.451 e. The smallest absolute Gasteiger partial charge is 0.338 e. The minimum Gasteiger partial charge on any atom is -0.451 e. The van der Waals surface area contributed by atoms with E-state index in [4.69, 9.17) is 4.74 Å². The van der Waals surface area contributed by atoms with Crippen molar-refractivity contribution in [1.82, 2.24) is 0 Å². The molecule has 9 heteroatoms. The topological polar surface area (TPSA) is 101 Å². The van der Waals surface area contributed by atoms with Crippen LogP contribution in [0.15, 0.2) is 42.5 Å². The van der Waals surface area contributed by atoms with E-state index < -0.39 is 22.1 Å². The van der Waals surface area contributed by atoms with Crippen molar-refractivity contribution in [1.29, 1.82) is 0 Å². The first kappa shape index (κ1) is 22.0. The number of anilines is 2. The maximum absolute atomic E-state index is 12.8. The van der Waals surface area contributed by atoms with Crippen LogP contribution in [0.1, 0.15) is 46.5 Å². The summed E-state index contributed by atoms with van der Waals surface area (Å²) < 4.78 is 31.0. The van der Waals surface area contributed by atoms with E-state index in [0.717, 1.165) is 11.3 Å². The van der Waals surface area contributed by atoms with Crippen LogP contribution in [0.3, 0.4) is 0 Å².